The molecule has 2 N–H and O–H groups in total. The quantitative estimate of drug-likeness (QED) is 0.401. The summed E-state index contributed by atoms with van der Waals surface area (Å²) in [6.07, 6.45) is 1.84. The number of carbonyl (C=O) groups is 1. The molecule has 0 aromatic rings. The Kier molecular flexibility index (Phi) is 2.56. The maximum Gasteiger partial charge on any atom is 0.270 e. The largest absolute Gasteiger partial charge is 0.410 e. The Balaban J connectivity index is 2.68. The van der Waals surface area contributed by atoms with Crippen LogP contribution >= 0.6 is 0 Å². The first-order valence-electron chi connectivity index (χ1n) is 4.83. The zero-order valence-electron chi connectivity index (χ0n) is 9.22. The average molecular weight is 198 g/mol. The third-order valence-electron chi connectivity index (χ3n) is 2.38. The predicted octanol–water partition coefficient (Wildman–Crippen LogP) is 1.53. The molecule has 0 radical (unpaired) electrons. The van der Waals surface area contributed by atoms with Crippen LogP contribution in [0.1, 0.15) is 40.5 Å². The topological polar surface area (TPSA) is 61.7 Å². The van der Waals surface area contributed by atoms with Gasteiger partial charge in [-0.05, 0) is 33.6 Å². The van der Waals surface area contributed by atoms with Crippen LogP contribution in [0.5, 0.6) is 0 Å². The van der Waals surface area contributed by atoms with Gasteiger partial charge in [0, 0.05) is 11.0 Å². The Morgan fingerprint density at radius 2 is 1.93 bits per heavy atom. The fourth-order valence-corrected chi connectivity index (χ4v) is 1.26. The van der Waals surface area contributed by atoms with Crippen molar-refractivity contribution in [3.8, 4) is 0 Å². The van der Waals surface area contributed by atoms with Gasteiger partial charge in [0.15, 0.2) is 0 Å². The second kappa shape index (κ2) is 3.26. The van der Waals surface area contributed by atoms with Crippen molar-refractivity contribution in [1.82, 2.24) is 5.32 Å². The molecule has 1 rings (SSSR count). The van der Waals surface area contributed by atoms with Crippen molar-refractivity contribution in [1.29, 1.82) is 0 Å². The second-order valence-corrected chi connectivity index (χ2v) is 5.21. The highest BCUT2D eigenvalue weighted by Crippen LogP contribution is 2.46. The van der Waals surface area contributed by atoms with E-state index in [1.807, 2.05) is 27.7 Å². The van der Waals surface area contributed by atoms with Crippen LogP contribution in [-0.2, 0) is 4.79 Å². The lowest BCUT2D eigenvalue weighted by Gasteiger charge is -2.22. The maximum absolute atomic E-state index is 11.7. The van der Waals surface area contributed by atoms with E-state index in [0.717, 1.165) is 12.8 Å². The third-order valence-corrected chi connectivity index (χ3v) is 2.38. The molecular formula is C10H18N2O2. The summed E-state index contributed by atoms with van der Waals surface area (Å²) in [5.41, 5.74) is -0.241. The molecule has 0 atom stereocenters. The molecule has 0 aromatic carbocycles. The van der Waals surface area contributed by atoms with Crippen molar-refractivity contribution in [2.75, 3.05) is 0 Å². The SMILES string of the molecule is CC(C)(C)NC(=O)/C(=N\O)C1(C)CC1. The zero-order valence-corrected chi connectivity index (χ0v) is 9.22. The van der Waals surface area contributed by atoms with Crippen molar-refractivity contribution in [2.45, 2.75) is 46.1 Å². The summed E-state index contributed by atoms with van der Waals surface area (Å²) >= 11 is 0. The lowest BCUT2D eigenvalue weighted by Crippen LogP contribution is -2.46. The number of hydrogen-bond donors (Lipinski definition) is 2. The molecule has 0 spiro atoms. The van der Waals surface area contributed by atoms with E-state index in [1.54, 1.807) is 0 Å². The summed E-state index contributed by atoms with van der Waals surface area (Å²) in [6.45, 7) is 7.63. The fourth-order valence-electron chi connectivity index (χ4n) is 1.26. The van der Waals surface area contributed by atoms with Crippen molar-refractivity contribution >= 4 is 11.6 Å². The van der Waals surface area contributed by atoms with Crippen LogP contribution in [0.4, 0.5) is 0 Å². The molecule has 0 heterocycles. The van der Waals surface area contributed by atoms with Gasteiger partial charge in [-0.25, -0.2) is 0 Å². The van der Waals surface area contributed by atoms with Crippen molar-refractivity contribution in [2.24, 2.45) is 10.6 Å². The first-order valence-corrected chi connectivity index (χ1v) is 4.83. The standard InChI is InChI=1S/C10H18N2O2/c1-9(2,3)11-8(13)7(12-14)10(4)5-6-10/h14H,5-6H2,1-4H3,(H,11,13)/b12-7+. The number of rotatable bonds is 2. The Bertz CT molecular complexity index is 272. The highest BCUT2D eigenvalue weighted by atomic mass is 16.4. The van der Waals surface area contributed by atoms with E-state index in [9.17, 15) is 4.79 Å². The fraction of sp³-hybridized carbons (Fsp3) is 0.800. The molecular weight excluding hydrogens is 180 g/mol. The minimum atomic E-state index is -0.293. The van der Waals surface area contributed by atoms with Gasteiger partial charge < -0.3 is 10.5 Å². The monoisotopic (exact) mass is 198 g/mol. The number of oxime groups is 1. The molecule has 0 bridgehead atoms. The first-order chi connectivity index (χ1) is 6.28. The zero-order chi connectivity index (χ0) is 11.0. The Morgan fingerprint density at radius 1 is 1.43 bits per heavy atom. The smallest absolute Gasteiger partial charge is 0.270 e. The Morgan fingerprint density at radius 3 is 2.21 bits per heavy atom. The van der Waals surface area contributed by atoms with Crippen molar-refractivity contribution in [3.05, 3.63) is 0 Å². The van der Waals surface area contributed by atoms with Crippen LogP contribution in [0, 0.1) is 5.41 Å². The van der Waals surface area contributed by atoms with E-state index >= 15 is 0 Å². The summed E-state index contributed by atoms with van der Waals surface area (Å²) in [5.74, 6) is -0.264. The summed E-state index contributed by atoms with van der Waals surface area (Å²) in [4.78, 5) is 11.7. The van der Waals surface area contributed by atoms with Crippen LogP contribution < -0.4 is 5.32 Å². The van der Waals surface area contributed by atoms with Gasteiger partial charge in [-0.1, -0.05) is 12.1 Å². The summed E-state index contributed by atoms with van der Waals surface area (Å²) < 4.78 is 0. The van der Waals surface area contributed by atoms with Crippen LogP contribution in [-0.4, -0.2) is 22.4 Å². The summed E-state index contributed by atoms with van der Waals surface area (Å²) in [7, 11) is 0. The lowest BCUT2D eigenvalue weighted by molar-refractivity contribution is -0.116. The molecule has 1 saturated carbocycles. The predicted molar refractivity (Wildman–Crippen MR) is 54.5 cm³/mol. The van der Waals surface area contributed by atoms with Gasteiger partial charge in [0.05, 0.1) is 0 Å². The molecule has 0 aliphatic heterocycles. The van der Waals surface area contributed by atoms with E-state index < -0.39 is 0 Å². The maximum atomic E-state index is 11.7. The van der Waals surface area contributed by atoms with Gasteiger partial charge in [0.1, 0.15) is 5.71 Å². The molecule has 0 aromatic heterocycles. The van der Waals surface area contributed by atoms with Gasteiger partial charge in [-0.2, -0.15) is 0 Å². The van der Waals surface area contributed by atoms with Crippen LogP contribution in [0.2, 0.25) is 0 Å². The molecule has 0 saturated heterocycles. The minimum Gasteiger partial charge on any atom is -0.410 e. The van der Waals surface area contributed by atoms with Crippen LogP contribution in [0.3, 0.4) is 0 Å². The number of nitrogens with one attached hydrogen (secondary N) is 1. The number of nitrogens with zero attached hydrogens (tertiary/aromatic N) is 1. The molecule has 1 fully saturated rings. The average Bonchev–Trinajstić information content (AvgIpc) is 2.65. The van der Waals surface area contributed by atoms with Gasteiger partial charge in [0.2, 0.25) is 0 Å². The molecule has 14 heavy (non-hydrogen) atoms. The Labute approximate surface area is 84.4 Å². The molecule has 80 valence electrons. The van der Waals surface area contributed by atoms with Gasteiger partial charge >= 0.3 is 0 Å². The summed E-state index contributed by atoms with van der Waals surface area (Å²) in [5, 5.41) is 14.7. The van der Waals surface area contributed by atoms with E-state index in [1.165, 1.54) is 0 Å². The Hall–Kier alpha value is -1.06. The van der Waals surface area contributed by atoms with Crippen molar-refractivity contribution < 1.29 is 10.0 Å². The second-order valence-electron chi connectivity index (χ2n) is 5.21. The molecule has 4 nitrogen and oxygen atoms in total. The molecule has 4 heteroatoms. The van der Waals surface area contributed by atoms with Crippen LogP contribution in [0.25, 0.3) is 0 Å². The minimum absolute atomic E-state index is 0.204. The van der Waals surface area contributed by atoms with Gasteiger partial charge in [0.25, 0.3) is 5.91 Å². The van der Waals surface area contributed by atoms with Crippen molar-refractivity contribution in [3.63, 3.8) is 0 Å². The molecule has 1 aliphatic carbocycles. The van der Waals surface area contributed by atoms with E-state index in [0.29, 0.717) is 0 Å². The molecule has 1 amide bonds. The first kappa shape index (κ1) is 11.0. The van der Waals surface area contributed by atoms with E-state index in [4.69, 9.17) is 5.21 Å². The third kappa shape index (κ3) is 2.47. The van der Waals surface area contributed by atoms with E-state index in [-0.39, 0.29) is 22.6 Å². The lowest BCUT2D eigenvalue weighted by atomic mass is 10.0. The number of carbonyl (C=O) groups excluding carboxylic acids is 1. The molecule has 0 unspecified atom stereocenters. The molecule has 1 aliphatic rings. The van der Waals surface area contributed by atoms with Gasteiger partial charge in [-0.15, -0.1) is 0 Å². The highest BCUT2D eigenvalue weighted by molar-refractivity contribution is 6.41. The van der Waals surface area contributed by atoms with E-state index in [2.05, 4.69) is 10.5 Å². The summed E-state index contributed by atoms with van der Waals surface area (Å²) in [6, 6.07) is 0. The normalized spacial score (nSPS) is 20.4. The number of hydrogen-bond acceptors (Lipinski definition) is 3. The van der Waals surface area contributed by atoms with Crippen LogP contribution in [0.15, 0.2) is 5.16 Å². The number of amides is 1. The van der Waals surface area contributed by atoms with Gasteiger partial charge in [-0.3, -0.25) is 4.79 Å². The highest BCUT2D eigenvalue weighted by Gasteiger charge is 2.46.